The summed E-state index contributed by atoms with van der Waals surface area (Å²) in [6.45, 7) is 11.0. The van der Waals surface area contributed by atoms with Gasteiger partial charge in [-0.1, -0.05) is 33.8 Å². The van der Waals surface area contributed by atoms with Gasteiger partial charge in [0.15, 0.2) is 5.78 Å². The van der Waals surface area contributed by atoms with Crippen LogP contribution in [0.3, 0.4) is 0 Å². The predicted molar refractivity (Wildman–Crippen MR) is 96.8 cm³/mol. The zero-order chi connectivity index (χ0) is 19.3. The molecule has 0 saturated heterocycles. The minimum Gasteiger partial charge on any atom is -0.461 e. The Bertz CT molecular complexity index is 498. The van der Waals surface area contributed by atoms with E-state index in [1.807, 2.05) is 33.8 Å². The van der Waals surface area contributed by atoms with Gasteiger partial charge in [-0.25, -0.2) is 0 Å². The van der Waals surface area contributed by atoms with E-state index in [4.69, 9.17) is 4.74 Å². The fourth-order valence-corrected chi connectivity index (χ4v) is 3.45. The summed E-state index contributed by atoms with van der Waals surface area (Å²) in [4.78, 5) is 24.9. The van der Waals surface area contributed by atoms with Crippen molar-refractivity contribution >= 4 is 11.8 Å². The first kappa shape index (κ1) is 21.8. The fraction of sp³-hybridized carbons (Fsp3) is 0.800. The van der Waals surface area contributed by atoms with Crippen LogP contribution in [0.25, 0.3) is 0 Å². The lowest BCUT2D eigenvalue weighted by atomic mass is 9.84. The van der Waals surface area contributed by atoms with Crippen molar-refractivity contribution in [3.05, 3.63) is 11.6 Å². The lowest BCUT2D eigenvalue weighted by Gasteiger charge is -2.28. The van der Waals surface area contributed by atoms with Gasteiger partial charge in [0.1, 0.15) is 6.10 Å². The maximum absolute atomic E-state index is 12.6. The second-order valence-corrected chi connectivity index (χ2v) is 7.73. The van der Waals surface area contributed by atoms with Gasteiger partial charge in [-0.05, 0) is 38.2 Å². The van der Waals surface area contributed by atoms with Crippen molar-refractivity contribution in [2.45, 2.75) is 79.1 Å². The lowest BCUT2D eigenvalue weighted by molar-refractivity contribution is -0.160. The molecule has 0 saturated carbocycles. The number of ketones is 1. The van der Waals surface area contributed by atoms with Crippen molar-refractivity contribution in [3.8, 4) is 0 Å². The van der Waals surface area contributed by atoms with Crippen molar-refractivity contribution < 1.29 is 24.5 Å². The summed E-state index contributed by atoms with van der Waals surface area (Å²) in [7, 11) is 0. The Kier molecular flexibility index (Phi) is 8.29. The van der Waals surface area contributed by atoms with Crippen LogP contribution in [-0.4, -0.2) is 40.3 Å². The number of hydrogen-bond donors (Lipinski definition) is 2. The van der Waals surface area contributed by atoms with Crippen LogP contribution in [0, 0.1) is 23.7 Å². The Morgan fingerprint density at radius 2 is 1.68 bits per heavy atom. The number of hydrogen-bond acceptors (Lipinski definition) is 5. The molecule has 5 nitrogen and oxygen atoms in total. The average molecular weight is 354 g/mol. The van der Waals surface area contributed by atoms with E-state index in [9.17, 15) is 19.8 Å². The van der Waals surface area contributed by atoms with Crippen LogP contribution in [0.2, 0.25) is 0 Å². The second-order valence-electron chi connectivity index (χ2n) is 7.73. The third-order valence-electron chi connectivity index (χ3n) is 5.42. The fourth-order valence-electron chi connectivity index (χ4n) is 3.45. The molecule has 0 radical (unpaired) electrons. The number of aliphatic hydroxyl groups excluding tert-OH is 2. The number of esters is 1. The van der Waals surface area contributed by atoms with E-state index >= 15 is 0 Å². The van der Waals surface area contributed by atoms with Gasteiger partial charge in [-0.3, -0.25) is 9.59 Å². The first-order chi connectivity index (χ1) is 11.6. The molecule has 1 aliphatic heterocycles. The minimum absolute atomic E-state index is 0.0538. The van der Waals surface area contributed by atoms with E-state index in [1.165, 1.54) is 0 Å². The molecule has 25 heavy (non-hydrogen) atoms. The predicted octanol–water partition coefficient (Wildman–Crippen LogP) is 2.88. The summed E-state index contributed by atoms with van der Waals surface area (Å²) >= 11 is 0. The molecule has 2 N–H and O–H groups in total. The normalized spacial score (nSPS) is 41.4. The van der Waals surface area contributed by atoms with E-state index in [2.05, 4.69) is 0 Å². The number of rotatable bonds is 1. The molecular weight excluding hydrogens is 320 g/mol. The van der Waals surface area contributed by atoms with Crippen molar-refractivity contribution in [1.29, 1.82) is 0 Å². The molecule has 0 spiro atoms. The van der Waals surface area contributed by atoms with Gasteiger partial charge in [0.05, 0.1) is 18.1 Å². The zero-order valence-electron chi connectivity index (χ0n) is 16.4. The third kappa shape index (κ3) is 5.93. The standard InChI is InChI=1S/C20H34O5/c1-7-18-12(3)9-14(5)19(23)13(4)8-11(2)16(21)10-17(22)15(6)20(24)25-18/h9,11-13,15-18,21-22H,7-8,10H2,1-6H3/b14-9+/t11-,12+,13+,15+,16+,17-,18+/m0/s1. The summed E-state index contributed by atoms with van der Waals surface area (Å²) in [6.07, 6.45) is 1.06. The third-order valence-corrected chi connectivity index (χ3v) is 5.42. The Balaban J connectivity index is 3.15. The summed E-state index contributed by atoms with van der Waals surface area (Å²) in [6, 6.07) is 0. The average Bonchev–Trinajstić information content (AvgIpc) is 2.56. The first-order valence-electron chi connectivity index (χ1n) is 9.37. The first-order valence-corrected chi connectivity index (χ1v) is 9.37. The van der Waals surface area contributed by atoms with Crippen molar-refractivity contribution in [2.24, 2.45) is 23.7 Å². The number of ether oxygens (including phenoxy) is 1. The molecule has 7 atom stereocenters. The molecule has 0 amide bonds. The van der Waals surface area contributed by atoms with E-state index in [0.717, 1.165) is 0 Å². The van der Waals surface area contributed by atoms with Gasteiger partial charge in [0, 0.05) is 18.3 Å². The summed E-state index contributed by atoms with van der Waals surface area (Å²) in [5.74, 6) is -1.54. The van der Waals surface area contributed by atoms with E-state index in [-0.39, 0.29) is 36.1 Å². The van der Waals surface area contributed by atoms with E-state index in [1.54, 1.807) is 13.8 Å². The molecule has 1 heterocycles. The molecule has 0 unspecified atom stereocenters. The highest BCUT2D eigenvalue weighted by Gasteiger charge is 2.31. The second kappa shape index (κ2) is 9.48. The highest BCUT2D eigenvalue weighted by molar-refractivity contribution is 5.96. The zero-order valence-corrected chi connectivity index (χ0v) is 16.4. The quantitative estimate of drug-likeness (QED) is 0.708. The van der Waals surface area contributed by atoms with Crippen molar-refractivity contribution in [1.82, 2.24) is 0 Å². The minimum atomic E-state index is -0.969. The molecule has 0 aromatic carbocycles. The molecule has 0 bridgehead atoms. The summed E-state index contributed by atoms with van der Waals surface area (Å²) in [5, 5.41) is 20.6. The highest BCUT2D eigenvalue weighted by atomic mass is 16.5. The molecule has 0 aromatic rings. The highest BCUT2D eigenvalue weighted by Crippen LogP contribution is 2.26. The van der Waals surface area contributed by atoms with Crippen LogP contribution in [0.4, 0.5) is 0 Å². The van der Waals surface area contributed by atoms with Gasteiger partial charge >= 0.3 is 5.97 Å². The maximum atomic E-state index is 12.6. The largest absolute Gasteiger partial charge is 0.461 e. The molecule has 0 aliphatic carbocycles. The van der Waals surface area contributed by atoms with Gasteiger partial charge in [-0.2, -0.15) is 0 Å². The number of aliphatic hydroxyl groups is 2. The number of cyclic esters (lactones) is 1. The molecule has 144 valence electrons. The lowest BCUT2D eigenvalue weighted by Crippen LogP contribution is -2.36. The van der Waals surface area contributed by atoms with Crippen LogP contribution in [0.5, 0.6) is 0 Å². The Labute approximate surface area is 151 Å². The SMILES string of the molecule is CC[C@H]1OC(=O)[C@H](C)[C@@H](O)C[C@@H](O)[C@@H](C)C[C@@H](C)C(=O)/C(C)=C/[C@H]1C. The molecule has 0 aromatic heterocycles. The van der Waals surface area contributed by atoms with Crippen molar-refractivity contribution in [3.63, 3.8) is 0 Å². The van der Waals surface area contributed by atoms with E-state index < -0.39 is 24.1 Å². The molecule has 1 rings (SSSR count). The topological polar surface area (TPSA) is 83.8 Å². The van der Waals surface area contributed by atoms with Gasteiger partial charge in [0.25, 0.3) is 0 Å². The smallest absolute Gasteiger partial charge is 0.311 e. The van der Waals surface area contributed by atoms with Gasteiger partial charge in [-0.15, -0.1) is 0 Å². The molecule has 5 heteroatoms. The number of allylic oxidation sites excluding steroid dienone is 1. The maximum Gasteiger partial charge on any atom is 0.311 e. The Morgan fingerprint density at radius 3 is 2.24 bits per heavy atom. The Hall–Kier alpha value is -1.20. The number of carbonyl (C=O) groups is 2. The van der Waals surface area contributed by atoms with Crippen LogP contribution < -0.4 is 0 Å². The van der Waals surface area contributed by atoms with E-state index in [0.29, 0.717) is 18.4 Å². The number of Topliss-reactive ketones (excluding diaryl/α,β-unsaturated/α-hetero) is 1. The van der Waals surface area contributed by atoms with Gasteiger partial charge in [0.2, 0.25) is 0 Å². The van der Waals surface area contributed by atoms with Crippen LogP contribution >= 0.6 is 0 Å². The van der Waals surface area contributed by atoms with Crippen molar-refractivity contribution in [2.75, 3.05) is 0 Å². The molecule has 0 fully saturated rings. The Morgan fingerprint density at radius 1 is 1.08 bits per heavy atom. The van der Waals surface area contributed by atoms with Crippen LogP contribution in [0.15, 0.2) is 11.6 Å². The molecule has 1 aliphatic rings. The molecular formula is C20H34O5. The summed E-state index contributed by atoms with van der Waals surface area (Å²) < 4.78 is 5.58. The number of carbonyl (C=O) groups excluding carboxylic acids is 2. The monoisotopic (exact) mass is 354 g/mol. The van der Waals surface area contributed by atoms with Gasteiger partial charge < -0.3 is 14.9 Å². The summed E-state index contributed by atoms with van der Waals surface area (Å²) in [5.41, 5.74) is 0.668. The van der Waals surface area contributed by atoms with Crippen LogP contribution in [-0.2, 0) is 14.3 Å². The van der Waals surface area contributed by atoms with Crippen LogP contribution in [0.1, 0.15) is 60.8 Å².